The van der Waals surface area contributed by atoms with Gasteiger partial charge in [-0.1, -0.05) is 147 Å². The quantitative estimate of drug-likeness (QED) is 0.0725. The van der Waals surface area contributed by atoms with Crippen LogP contribution in [0, 0.1) is 0 Å². The summed E-state index contributed by atoms with van der Waals surface area (Å²) in [4.78, 5) is 34.6. The van der Waals surface area contributed by atoms with E-state index in [-0.39, 0.29) is 7.43 Å². The second-order valence-corrected chi connectivity index (χ2v) is 22.4. The summed E-state index contributed by atoms with van der Waals surface area (Å²) in [5, 5.41) is 30.2. The van der Waals surface area contributed by atoms with Gasteiger partial charge in [-0.15, -0.1) is 0 Å². The fraction of sp³-hybridized carbons (Fsp3) is 0.178. The summed E-state index contributed by atoms with van der Waals surface area (Å²) in [6.45, 7) is 10.3. The van der Waals surface area contributed by atoms with Crippen molar-refractivity contribution in [1.82, 2.24) is 29.9 Å². The molecule has 0 aliphatic carbocycles. The topological polar surface area (TPSA) is 191 Å². The minimum Gasteiger partial charge on any atom is -0.423 e. The summed E-state index contributed by atoms with van der Waals surface area (Å²) >= 11 is 3.54. The summed E-state index contributed by atoms with van der Waals surface area (Å²) in [6, 6.07) is 72.8. The molecule has 3 saturated heterocycles. The third-order valence-corrected chi connectivity index (χ3v) is 16.2. The highest BCUT2D eigenvalue weighted by Gasteiger charge is 2.16. The summed E-state index contributed by atoms with van der Waals surface area (Å²) in [5.41, 5.74) is 14.4. The Morgan fingerprint density at radius 2 is 0.674 bits per heavy atom. The average Bonchev–Trinajstić information content (AvgIpc) is 1.01. The van der Waals surface area contributed by atoms with Crippen LogP contribution in [-0.2, 0) is 14.2 Å². The SMILES string of the molecule is Brc1cccc2cnc(Nc3ccc(N4CCOCC4)cc3)nc12.C.OB(O)c1ccccc1.c1ccc(-c2cccc3cnc(Nc4ccc(N5CCOCC5)cc4)nc23)cc1.c1ccc(-c2cccc3cnc(Nc4ccc(N5CCOCC5)cc4)nc23)cc1. The molecule has 0 radical (unpaired) electrons. The van der Waals surface area contributed by atoms with Crippen molar-refractivity contribution in [3.63, 3.8) is 0 Å². The van der Waals surface area contributed by atoms with Crippen LogP contribution in [0.4, 0.5) is 52.0 Å². The molecule has 5 N–H and O–H groups in total. The normalized spacial score (nSPS) is 13.7. The fourth-order valence-corrected chi connectivity index (χ4v) is 11.2. The molecule has 0 bridgehead atoms. The van der Waals surface area contributed by atoms with Gasteiger partial charge in [0.25, 0.3) is 0 Å². The van der Waals surface area contributed by atoms with Crippen LogP contribution in [0.2, 0.25) is 0 Å². The lowest BCUT2D eigenvalue weighted by molar-refractivity contribution is 0.122. The van der Waals surface area contributed by atoms with Gasteiger partial charge in [-0.3, -0.25) is 0 Å². The van der Waals surface area contributed by atoms with E-state index in [1.165, 1.54) is 17.1 Å². The first-order valence-corrected chi connectivity index (χ1v) is 31.2. The molecule has 3 aliphatic heterocycles. The number of anilines is 9. The van der Waals surface area contributed by atoms with Gasteiger partial charge in [-0.2, -0.15) is 0 Å². The van der Waals surface area contributed by atoms with Crippen molar-refractivity contribution in [2.24, 2.45) is 0 Å². The number of benzene rings is 9. The summed E-state index contributed by atoms with van der Waals surface area (Å²) < 4.78 is 17.2. The molecule has 3 aliphatic rings. The predicted octanol–water partition coefficient (Wildman–Crippen LogP) is 13.7. The summed E-state index contributed by atoms with van der Waals surface area (Å²) in [6.07, 6.45) is 5.58. The third kappa shape index (κ3) is 16.7. The number of nitrogens with zero attached hydrogens (tertiary/aromatic N) is 9. The van der Waals surface area contributed by atoms with Gasteiger partial charge in [0.2, 0.25) is 17.8 Å². The molecular formula is C73H72BBrN12O5. The van der Waals surface area contributed by atoms with E-state index in [0.29, 0.717) is 23.3 Å². The molecule has 0 unspecified atom stereocenters. The molecule has 9 aromatic carbocycles. The highest BCUT2D eigenvalue weighted by molar-refractivity contribution is 9.10. The minimum absolute atomic E-state index is 0. The van der Waals surface area contributed by atoms with Crippen LogP contribution >= 0.6 is 15.9 Å². The number of halogens is 1. The molecule has 19 heteroatoms. The van der Waals surface area contributed by atoms with Crippen molar-refractivity contribution in [1.29, 1.82) is 0 Å². The lowest BCUT2D eigenvalue weighted by Gasteiger charge is -2.28. The largest absolute Gasteiger partial charge is 0.488 e. The molecule has 0 atom stereocenters. The first-order chi connectivity index (χ1) is 44.8. The molecule has 464 valence electrons. The Morgan fingerprint density at radius 3 is 1.01 bits per heavy atom. The lowest BCUT2D eigenvalue weighted by atomic mass is 9.81. The number of fused-ring (bicyclic) bond motifs is 3. The average molecular weight is 1290 g/mol. The number of para-hydroxylation sites is 3. The standard InChI is InChI=1S/2C24H22N4O.C18H17BrN4O.C6H7BO2.CH4/c2*1-2-5-18(6-3-1)22-8-4-7-19-17-25-24(27-23(19)22)26-20-9-11-21(12-10-20)28-13-15-29-16-14-28;19-16-3-1-2-13-12-20-18(22-17(13)16)21-14-4-6-15(7-5-14)23-8-10-24-11-9-23;8-7(9)6-4-2-1-3-5-6;/h2*1-12,17H,13-16H2,(H,25,26,27);1-7,12H,8-11H2,(H,20,21,22);1-5,8-9H;1H4. The zero-order valence-electron chi connectivity index (χ0n) is 50.1. The van der Waals surface area contributed by atoms with Crippen molar-refractivity contribution >= 4 is 113 Å². The van der Waals surface area contributed by atoms with Crippen molar-refractivity contribution < 1.29 is 24.3 Å². The van der Waals surface area contributed by atoms with Gasteiger partial charge >= 0.3 is 7.12 Å². The second-order valence-electron chi connectivity index (χ2n) is 21.6. The molecule has 6 heterocycles. The predicted molar refractivity (Wildman–Crippen MR) is 378 cm³/mol. The Bertz CT molecular complexity index is 4080. The van der Waals surface area contributed by atoms with Gasteiger partial charge < -0.3 is 54.9 Å². The van der Waals surface area contributed by atoms with Gasteiger partial charge in [-0.05, 0) is 111 Å². The smallest absolute Gasteiger partial charge is 0.423 e. The van der Waals surface area contributed by atoms with Gasteiger partial charge in [-0.25, -0.2) is 29.9 Å². The van der Waals surface area contributed by atoms with E-state index in [1.807, 2.05) is 104 Å². The first-order valence-electron chi connectivity index (χ1n) is 30.4. The number of ether oxygens (including phenoxy) is 3. The van der Waals surface area contributed by atoms with Crippen molar-refractivity contribution in [2.45, 2.75) is 7.43 Å². The van der Waals surface area contributed by atoms with E-state index in [1.54, 1.807) is 24.3 Å². The maximum absolute atomic E-state index is 8.58. The molecule has 12 aromatic rings. The zero-order chi connectivity index (χ0) is 62.0. The van der Waals surface area contributed by atoms with Crippen LogP contribution in [0.25, 0.3) is 55.0 Å². The number of hydrogen-bond donors (Lipinski definition) is 5. The van der Waals surface area contributed by atoms with Crippen LogP contribution in [0.1, 0.15) is 7.43 Å². The summed E-state index contributed by atoms with van der Waals surface area (Å²) in [7, 11) is -1.34. The Hall–Kier alpha value is -9.86. The van der Waals surface area contributed by atoms with Crippen LogP contribution in [-0.4, -0.2) is 126 Å². The van der Waals surface area contributed by atoms with E-state index < -0.39 is 7.12 Å². The van der Waals surface area contributed by atoms with Crippen molar-refractivity contribution in [3.8, 4) is 22.3 Å². The highest BCUT2D eigenvalue weighted by atomic mass is 79.9. The number of aromatic nitrogens is 6. The number of hydrogen-bond acceptors (Lipinski definition) is 17. The number of rotatable bonds is 12. The van der Waals surface area contributed by atoms with Crippen LogP contribution in [0.5, 0.6) is 0 Å². The molecule has 3 aromatic heterocycles. The van der Waals surface area contributed by atoms with Gasteiger partial charge in [0.15, 0.2) is 0 Å². The molecule has 0 saturated carbocycles. The van der Waals surface area contributed by atoms with Gasteiger partial charge in [0.05, 0.1) is 56.2 Å². The second kappa shape index (κ2) is 31.7. The molecular weight excluding hydrogens is 1220 g/mol. The van der Waals surface area contributed by atoms with Gasteiger partial charge in [0, 0.05) is 124 Å². The van der Waals surface area contributed by atoms with E-state index in [2.05, 4.69) is 176 Å². The molecule has 92 heavy (non-hydrogen) atoms. The molecule has 15 rings (SSSR count). The van der Waals surface area contributed by atoms with Crippen LogP contribution in [0.15, 0.2) is 241 Å². The number of morpholine rings is 3. The van der Waals surface area contributed by atoms with Crippen LogP contribution < -0.4 is 36.1 Å². The lowest BCUT2D eigenvalue weighted by Crippen LogP contribution is -2.36. The summed E-state index contributed by atoms with van der Waals surface area (Å²) in [5.74, 6) is 1.79. The molecule has 0 amide bonds. The van der Waals surface area contributed by atoms with Crippen molar-refractivity contribution in [2.75, 3.05) is 110 Å². The highest BCUT2D eigenvalue weighted by Crippen LogP contribution is 2.32. The molecule has 0 spiro atoms. The Morgan fingerprint density at radius 1 is 0.359 bits per heavy atom. The monoisotopic (exact) mass is 1290 g/mol. The maximum atomic E-state index is 8.58. The molecule has 17 nitrogen and oxygen atoms in total. The van der Waals surface area contributed by atoms with E-state index in [0.717, 1.165) is 155 Å². The van der Waals surface area contributed by atoms with E-state index in [9.17, 15) is 0 Å². The minimum atomic E-state index is -1.34. The third-order valence-electron chi connectivity index (χ3n) is 15.5. The van der Waals surface area contributed by atoms with E-state index in [4.69, 9.17) is 34.2 Å². The molecule has 3 fully saturated rings. The zero-order valence-corrected chi connectivity index (χ0v) is 51.7. The van der Waals surface area contributed by atoms with Gasteiger partial charge in [0.1, 0.15) is 0 Å². The Labute approximate surface area is 545 Å². The first kappa shape index (κ1) is 63.7. The maximum Gasteiger partial charge on any atom is 0.488 e. The van der Waals surface area contributed by atoms with Crippen LogP contribution in [0.3, 0.4) is 0 Å². The fourth-order valence-electron chi connectivity index (χ4n) is 10.8. The van der Waals surface area contributed by atoms with Crippen molar-refractivity contribution in [3.05, 3.63) is 241 Å². The Balaban J connectivity index is 0.000000132. The van der Waals surface area contributed by atoms with E-state index >= 15 is 0 Å². The number of nitrogens with one attached hydrogen (secondary N) is 3. The Kier molecular flexibility index (Phi) is 22.0.